The maximum Gasteiger partial charge on any atom is 0.251 e. The molecule has 3 heterocycles. The average Bonchev–Trinajstić information content (AvgIpc) is 3.24. The molecule has 0 aliphatic carbocycles. The van der Waals surface area contributed by atoms with Gasteiger partial charge in [-0.3, -0.25) is 14.7 Å². The van der Waals surface area contributed by atoms with E-state index in [9.17, 15) is 4.79 Å². The molecule has 1 aromatic carbocycles. The number of nitrogens with one attached hydrogen (secondary N) is 1. The predicted octanol–water partition coefficient (Wildman–Crippen LogP) is 3.23. The molecule has 1 atom stereocenters. The minimum atomic E-state index is -0.131. The van der Waals surface area contributed by atoms with Gasteiger partial charge in [-0.05, 0) is 49.7 Å². The molecule has 0 saturated carbocycles. The summed E-state index contributed by atoms with van der Waals surface area (Å²) in [5.41, 5.74) is 2.55. The van der Waals surface area contributed by atoms with Crippen LogP contribution in [0.5, 0.6) is 11.5 Å². The van der Waals surface area contributed by atoms with Crippen molar-refractivity contribution in [2.24, 2.45) is 0 Å². The summed E-state index contributed by atoms with van der Waals surface area (Å²) in [6, 6.07) is 11.4. The molecule has 1 fully saturated rings. The van der Waals surface area contributed by atoms with E-state index in [1.54, 1.807) is 19.5 Å². The maximum absolute atomic E-state index is 12.2. The fourth-order valence-corrected chi connectivity index (χ4v) is 3.87. The van der Waals surface area contributed by atoms with Crippen molar-refractivity contribution in [3.8, 4) is 22.8 Å². The number of likely N-dealkylation sites (tertiary alicyclic amines) is 1. The fourth-order valence-electron chi connectivity index (χ4n) is 3.87. The summed E-state index contributed by atoms with van der Waals surface area (Å²) in [4.78, 5) is 26.4. The third-order valence-corrected chi connectivity index (χ3v) is 5.31. The summed E-state index contributed by atoms with van der Waals surface area (Å²) in [6.07, 6.45) is 4.39. The molecular weight excluding hydrogens is 380 g/mol. The lowest BCUT2D eigenvalue weighted by Gasteiger charge is -2.17. The molecule has 1 saturated heterocycles. The first-order valence-electron chi connectivity index (χ1n) is 10.2. The summed E-state index contributed by atoms with van der Waals surface area (Å²) in [7, 11) is 1.66. The van der Waals surface area contributed by atoms with E-state index >= 15 is 0 Å². The van der Waals surface area contributed by atoms with Gasteiger partial charge in [0.15, 0.2) is 11.5 Å². The Balaban J connectivity index is 1.47. The third kappa shape index (κ3) is 4.52. The van der Waals surface area contributed by atoms with Gasteiger partial charge in [-0.1, -0.05) is 6.07 Å². The lowest BCUT2D eigenvalue weighted by Crippen LogP contribution is -2.21. The second-order valence-corrected chi connectivity index (χ2v) is 7.40. The number of aromatic nitrogens is 3. The Hall–Kier alpha value is -3.19. The summed E-state index contributed by atoms with van der Waals surface area (Å²) in [5, 5.41) is 0. The molecule has 1 N–H and O–H groups in total. The Kier molecular flexibility index (Phi) is 6.09. The van der Waals surface area contributed by atoms with E-state index in [0.717, 1.165) is 48.9 Å². The van der Waals surface area contributed by atoms with Gasteiger partial charge in [-0.25, -0.2) is 4.98 Å². The van der Waals surface area contributed by atoms with Gasteiger partial charge >= 0.3 is 0 Å². The molecule has 0 radical (unpaired) electrons. The molecule has 1 aliphatic heterocycles. The van der Waals surface area contributed by atoms with E-state index in [4.69, 9.17) is 14.5 Å². The first-order valence-corrected chi connectivity index (χ1v) is 10.2. The number of ether oxygens (including phenoxy) is 2. The molecule has 7 nitrogen and oxygen atoms in total. The molecule has 0 unspecified atom stereocenters. The van der Waals surface area contributed by atoms with Gasteiger partial charge < -0.3 is 14.5 Å². The minimum absolute atomic E-state index is 0.131. The van der Waals surface area contributed by atoms with E-state index in [2.05, 4.69) is 20.9 Å². The highest BCUT2D eigenvalue weighted by Gasteiger charge is 2.26. The van der Waals surface area contributed by atoms with Crippen molar-refractivity contribution in [2.75, 3.05) is 26.8 Å². The molecule has 156 valence electrons. The lowest BCUT2D eigenvalue weighted by atomic mass is 10.1. The molecule has 7 heteroatoms. The van der Waals surface area contributed by atoms with Crippen LogP contribution < -0.4 is 15.0 Å². The van der Waals surface area contributed by atoms with Gasteiger partial charge in [0.1, 0.15) is 5.82 Å². The van der Waals surface area contributed by atoms with Crippen LogP contribution in [0.3, 0.4) is 0 Å². The zero-order valence-corrected chi connectivity index (χ0v) is 17.3. The van der Waals surface area contributed by atoms with Gasteiger partial charge in [0.25, 0.3) is 5.56 Å². The molecule has 3 aromatic rings. The molecule has 0 amide bonds. The molecule has 4 rings (SSSR count). The zero-order valence-electron chi connectivity index (χ0n) is 17.3. The molecular formula is C23H26N4O3. The van der Waals surface area contributed by atoms with Crippen molar-refractivity contribution in [3.05, 3.63) is 70.5 Å². The van der Waals surface area contributed by atoms with Crippen LogP contribution in [0.4, 0.5) is 0 Å². The van der Waals surface area contributed by atoms with Crippen LogP contribution >= 0.6 is 0 Å². The SMILES string of the molecule is CCOc1ccc(CN2CC[C@@H](c3nc(-c4cccnc4)cc(=O)[nH]3)C2)cc1OC. The second kappa shape index (κ2) is 9.09. The maximum atomic E-state index is 12.2. The predicted molar refractivity (Wildman–Crippen MR) is 115 cm³/mol. The number of nitrogens with zero attached hydrogens (tertiary/aromatic N) is 3. The van der Waals surface area contributed by atoms with E-state index in [1.807, 2.05) is 31.2 Å². The Morgan fingerprint density at radius 2 is 2.13 bits per heavy atom. The van der Waals surface area contributed by atoms with Crippen molar-refractivity contribution < 1.29 is 9.47 Å². The molecule has 2 aromatic heterocycles. The Morgan fingerprint density at radius 1 is 1.23 bits per heavy atom. The number of H-pyrrole nitrogens is 1. The first kappa shape index (κ1) is 20.1. The fraction of sp³-hybridized carbons (Fsp3) is 0.348. The van der Waals surface area contributed by atoms with E-state index in [-0.39, 0.29) is 11.5 Å². The van der Waals surface area contributed by atoms with Crippen LogP contribution in [0.1, 0.15) is 30.7 Å². The topological polar surface area (TPSA) is 80.3 Å². The van der Waals surface area contributed by atoms with Crippen LogP contribution in [0.25, 0.3) is 11.3 Å². The summed E-state index contributed by atoms with van der Waals surface area (Å²) >= 11 is 0. The second-order valence-electron chi connectivity index (χ2n) is 7.40. The highest BCUT2D eigenvalue weighted by molar-refractivity contribution is 5.57. The van der Waals surface area contributed by atoms with Gasteiger partial charge in [0.2, 0.25) is 0 Å². The van der Waals surface area contributed by atoms with Crippen molar-refractivity contribution >= 4 is 0 Å². The highest BCUT2D eigenvalue weighted by atomic mass is 16.5. The number of aromatic amines is 1. The molecule has 0 spiro atoms. The van der Waals surface area contributed by atoms with Crippen LogP contribution in [0.15, 0.2) is 53.6 Å². The Morgan fingerprint density at radius 3 is 2.90 bits per heavy atom. The van der Waals surface area contributed by atoms with Gasteiger partial charge in [-0.15, -0.1) is 0 Å². The third-order valence-electron chi connectivity index (χ3n) is 5.31. The number of hydrogen-bond donors (Lipinski definition) is 1. The first-order chi connectivity index (χ1) is 14.7. The normalized spacial score (nSPS) is 16.5. The van der Waals surface area contributed by atoms with Crippen molar-refractivity contribution in [1.29, 1.82) is 0 Å². The minimum Gasteiger partial charge on any atom is -0.493 e. The van der Waals surface area contributed by atoms with E-state index < -0.39 is 0 Å². The van der Waals surface area contributed by atoms with E-state index in [1.165, 1.54) is 11.6 Å². The van der Waals surface area contributed by atoms with Crippen molar-refractivity contribution in [3.63, 3.8) is 0 Å². The van der Waals surface area contributed by atoms with Gasteiger partial charge in [0, 0.05) is 43.0 Å². The van der Waals surface area contributed by atoms with E-state index in [0.29, 0.717) is 12.3 Å². The number of methoxy groups -OCH3 is 1. The van der Waals surface area contributed by atoms with Crippen molar-refractivity contribution in [2.45, 2.75) is 25.8 Å². The zero-order chi connectivity index (χ0) is 20.9. The number of benzene rings is 1. The number of rotatable bonds is 7. The van der Waals surface area contributed by atoms with Crippen LogP contribution in [0.2, 0.25) is 0 Å². The van der Waals surface area contributed by atoms with Crippen LogP contribution in [-0.2, 0) is 6.54 Å². The van der Waals surface area contributed by atoms with Crippen molar-refractivity contribution in [1.82, 2.24) is 19.9 Å². The number of pyridine rings is 1. The molecule has 0 bridgehead atoms. The summed E-state index contributed by atoms with van der Waals surface area (Å²) in [6.45, 7) is 5.16. The standard InChI is InChI=1S/C23H26N4O3/c1-3-30-20-7-6-16(11-21(20)29-2)14-27-10-8-18(15-27)23-25-19(12-22(28)26-23)17-5-4-9-24-13-17/h4-7,9,11-13,18H,3,8,10,14-15H2,1-2H3,(H,25,26,28)/t18-/m1/s1. The summed E-state index contributed by atoms with van der Waals surface area (Å²) < 4.78 is 11.1. The Bertz CT molecular complexity index is 1050. The lowest BCUT2D eigenvalue weighted by molar-refractivity contribution is 0.307. The quantitative estimate of drug-likeness (QED) is 0.649. The average molecular weight is 406 g/mol. The van der Waals surface area contributed by atoms with Crippen LogP contribution in [0, 0.1) is 0 Å². The largest absolute Gasteiger partial charge is 0.493 e. The number of hydrogen-bond acceptors (Lipinski definition) is 6. The highest BCUT2D eigenvalue weighted by Crippen LogP contribution is 2.31. The monoisotopic (exact) mass is 406 g/mol. The smallest absolute Gasteiger partial charge is 0.251 e. The van der Waals surface area contributed by atoms with Gasteiger partial charge in [-0.2, -0.15) is 0 Å². The molecule has 30 heavy (non-hydrogen) atoms. The van der Waals surface area contributed by atoms with Gasteiger partial charge in [0.05, 0.1) is 19.4 Å². The Labute approximate surface area is 175 Å². The van der Waals surface area contributed by atoms with Crippen LogP contribution in [-0.4, -0.2) is 46.7 Å². The molecule has 1 aliphatic rings. The summed E-state index contributed by atoms with van der Waals surface area (Å²) in [5.74, 6) is 2.45.